The summed E-state index contributed by atoms with van der Waals surface area (Å²) < 4.78 is 42.8. The Morgan fingerprint density at radius 1 is 1.32 bits per heavy atom. The highest BCUT2D eigenvalue weighted by molar-refractivity contribution is 5.79. The van der Waals surface area contributed by atoms with Gasteiger partial charge in [-0.1, -0.05) is 18.2 Å². The van der Waals surface area contributed by atoms with Gasteiger partial charge in [0.15, 0.2) is 5.96 Å². The highest BCUT2D eigenvalue weighted by atomic mass is 19.4. The number of likely N-dealkylation sites (N-methyl/N-ethyl adjacent to an activating group) is 1. The Morgan fingerprint density at radius 3 is 2.76 bits per heavy atom. The summed E-state index contributed by atoms with van der Waals surface area (Å²) in [6.07, 6.45) is -3.38. The van der Waals surface area contributed by atoms with Gasteiger partial charge in [-0.2, -0.15) is 13.2 Å². The molecule has 1 aliphatic rings. The number of ether oxygens (including phenoxy) is 1. The minimum atomic E-state index is -4.18. The summed E-state index contributed by atoms with van der Waals surface area (Å²) in [7, 11) is 1.45. The van der Waals surface area contributed by atoms with Crippen LogP contribution in [-0.2, 0) is 6.42 Å². The number of guanidine groups is 1. The molecule has 1 aromatic rings. The van der Waals surface area contributed by atoms with Crippen LogP contribution in [0, 0.1) is 0 Å². The Hall–Kier alpha value is -1.96. The van der Waals surface area contributed by atoms with Gasteiger partial charge in [0.2, 0.25) is 0 Å². The van der Waals surface area contributed by atoms with Crippen molar-refractivity contribution in [1.82, 2.24) is 15.5 Å². The van der Waals surface area contributed by atoms with E-state index in [2.05, 4.69) is 15.6 Å². The molecule has 1 heterocycles. The normalized spacial score (nSPS) is 17.4. The van der Waals surface area contributed by atoms with Gasteiger partial charge in [0, 0.05) is 26.1 Å². The van der Waals surface area contributed by atoms with Crippen LogP contribution in [0.15, 0.2) is 29.3 Å². The molecule has 0 spiro atoms. The van der Waals surface area contributed by atoms with Crippen LogP contribution >= 0.6 is 0 Å². The van der Waals surface area contributed by atoms with Crippen LogP contribution in [0.25, 0.3) is 0 Å². The van der Waals surface area contributed by atoms with Gasteiger partial charge in [0.25, 0.3) is 0 Å². The Balaban J connectivity index is 1.77. The molecule has 1 aromatic carbocycles. The molecule has 0 radical (unpaired) electrons. The fourth-order valence-corrected chi connectivity index (χ4v) is 2.64. The Morgan fingerprint density at radius 2 is 2.08 bits per heavy atom. The molecular formula is C17H25F3N4O. The first-order valence-corrected chi connectivity index (χ1v) is 8.39. The molecule has 0 fully saturated rings. The lowest BCUT2D eigenvalue weighted by Gasteiger charge is -2.19. The van der Waals surface area contributed by atoms with Gasteiger partial charge in [-0.15, -0.1) is 0 Å². The minimum absolute atomic E-state index is 0.0132. The Kier molecular flexibility index (Phi) is 6.92. The van der Waals surface area contributed by atoms with E-state index in [1.165, 1.54) is 17.5 Å². The molecule has 0 aliphatic carbocycles. The Labute approximate surface area is 146 Å². The second kappa shape index (κ2) is 8.94. The summed E-state index contributed by atoms with van der Waals surface area (Å²) in [5.74, 6) is 1.48. The molecule has 0 bridgehead atoms. The van der Waals surface area contributed by atoms with Crippen LogP contribution in [0.1, 0.15) is 12.5 Å². The standard InChI is InChI=1S/C17H25F3N4O/c1-3-21-16(22-8-9-24(2)12-17(18,19)20)23-11-14-10-13-6-4-5-7-15(13)25-14/h4-7,14H,3,8-12H2,1-2H3,(H2,21,22,23). The summed E-state index contributed by atoms with van der Waals surface area (Å²) >= 11 is 0. The van der Waals surface area contributed by atoms with E-state index in [9.17, 15) is 13.2 Å². The first kappa shape index (κ1) is 19.4. The molecule has 1 aliphatic heterocycles. The molecule has 8 heteroatoms. The third kappa shape index (κ3) is 6.81. The Bertz CT molecular complexity index is 552. The van der Waals surface area contributed by atoms with Gasteiger partial charge in [-0.05, 0) is 25.6 Å². The third-order valence-corrected chi connectivity index (χ3v) is 3.75. The number of hydrogen-bond donors (Lipinski definition) is 2. The van der Waals surface area contributed by atoms with Crippen molar-refractivity contribution < 1.29 is 17.9 Å². The fourth-order valence-electron chi connectivity index (χ4n) is 2.64. The average Bonchev–Trinajstić information content (AvgIpc) is 2.93. The summed E-state index contributed by atoms with van der Waals surface area (Å²) in [5.41, 5.74) is 1.18. The predicted molar refractivity (Wildman–Crippen MR) is 92.1 cm³/mol. The number of benzene rings is 1. The van der Waals surface area contributed by atoms with Gasteiger partial charge in [0.05, 0.1) is 13.1 Å². The lowest BCUT2D eigenvalue weighted by Crippen LogP contribution is -2.42. The van der Waals surface area contributed by atoms with Crippen molar-refractivity contribution in [3.8, 4) is 5.75 Å². The molecule has 140 valence electrons. The van der Waals surface area contributed by atoms with E-state index in [0.717, 1.165) is 12.2 Å². The summed E-state index contributed by atoms with van der Waals surface area (Å²) in [6.45, 7) is 2.84. The molecular weight excluding hydrogens is 333 g/mol. The lowest BCUT2D eigenvalue weighted by molar-refractivity contribution is -0.142. The van der Waals surface area contributed by atoms with E-state index < -0.39 is 12.7 Å². The number of rotatable bonds is 7. The van der Waals surface area contributed by atoms with Crippen LogP contribution in [0.3, 0.4) is 0 Å². The van der Waals surface area contributed by atoms with E-state index in [1.807, 2.05) is 31.2 Å². The van der Waals surface area contributed by atoms with Gasteiger partial charge in [0.1, 0.15) is 11.9 Å². The van der Waals surface area contributed by atoms with Crippen LogP contribution in [0.5, 0.6) is 5.75 Å². The monoisotopic (exact) mass is 358 g/mol. The second-order valence-electron chi connectivity index (χ2n) is 6.05. The van der Waals surface area contributed by atoms with Crippen LogP contribution in [0.2, 0.25) is 0 Å². The van der Waals surface area contributed by atoms with Gasteiger partial charge in [-0.25, -0.2) is 4.99 Å². The summed E-state index contributed by atoms with van der Waals surface area (Å²) in [4.78, 5) is 5.71. The fraction of sp³-hybridized carbons (Fsp3) is 0.588. The molecule has 1 unspecified atom stereocenters. The van der Waals surface area contributed by atoms with Gasteiger partial charge >= 0.3 is 6.18 Å². The van der Waals surface area contributed by atoms with Crippen molar-refractivity contribution in [3.05, 3.63) is 29.8 Å². The molecule has 2 N–H and O–H groups in total. The zero-order chi connectivity index (χ0) is 18.3. The highest BCUT2D eigenvalue weighted by Gasteiger charge is 2.28. The molecule has 5 nitrogen and oxygen atoms in total. The quantitative estimate of drug-likeness (QED) is 0.579. The second-order valence-corrected chi connectivity index (χ2v) is 6.05. The zero-order valence-electron chi connectivity index (χ0n) is 14.6. The summed E-state index contributed by atoms with van der Waals surface area (Å²) in [6, 6.07) is 7.91. The van der Waals surface area contributed by atoms with Crippen LogP contribution in [-0.4, -0.2) is 62.9 Å². The van der Waals surface area contributed by atoms with Crippen LogP contribution in [0.4, 0.5) is 13.2 Å². The van der Waals surface area contributed by atoms with E-state index >= 15 is 0 Å². The van der Waals surface area contributed by atoms with Crippen molar-refractivity contribution >= 4 is 5.96 Å². The molecule has 2 rings (SSSR count). The first-order chi connectivity index (χ1) is 11.9. The van der Waals surface area contributed by atoms with Crippen molar-refractivity contribution in [1.29, 1.82) is 0 Å². The number of halogens is 3. The number of nitrogens with one attached hydrogen (secondary N) is 2. The number of hydrogen-bond acceptors (Lipinski definition) is 3. The molecule has 0 amide bonds. The number of nitrogens with zero attached hydrogens (tertiary/aromatic N) is 2. The first-order valence-electron chi connectivity index (χ1n) is 8.39. The number of aliphatic imine (C=N–C) groups is 1. The van der Waals surface area contributed by atoms with Crippen molar-refractivity contribution in [2.24, 2.45) is 4.99 Å². The van der Waals surface area contributed by atoms with E-state index in [-0.39, 0.29) is 12.6 Å². The predicted octanol–water partition coefficient (Wildman–Crippen LogP) is 2.04. The average molecular weight is 358 g/mol. The minimum Gasteiger partial charge on any atom is -0.488 e. The highest BCUT2D eigenvalue weighted by Crippen LogP contribution is 2.28. The van der Waals surface area contributed by atoms with Gasteiger partial charge < -0.3 is 15.4 Å². The molecule has 1 atom stereocenters. The third-order valence-electron chi connectivity index (χ3n) is 3.75. The number of para-hydroxylation sites is 1. The lowest BCUT2D eigenvalue weighted by atomic mass is 10.1. The molecule has 0 saturated heterocycles. The van der Waals surface area contributed by atoms with E-state index in [0.29, 0.717) is 25.6 Å². The van der Waals surface area contributed by atoms with Crippen molar-refractivity contribution in [3.63, 3.8) is 0 Å². The topological polar surface area (TPSA) is 48.9 Å². The molecule has 0 saturated carbocycles. The number of fused-ring (bicyclic) bond motifs is 1. The van der Waals surface area contributed by atoms with Crippen molar-refractivity contribution in [2.75, 3.05) is 39.8 Å². The van der Waals surface area contributed by atoms with E-state index in [4.69, 9.17) is 4.74 Å². The SMILES string of the molecule is CCNC(=NCC1Cc2ccccc2O1)NCCN(C)CC(F)(F)F. The van der Waals surface area contributed by atoms with Crippen LogP contribution < -0.4 is 15.4 Å². The molecule has 0 aromatic heterocycles. The maximum absolute atomic E-state index is 12.3. The number of alkyl halides is 3. The largest absolute Gasteiger partial charge is 0.488 e. The maximum atomic E-state index is 12.3. The van der Waals surface area contributed by atoms with Gasteiger partial charge in [-0.3, -0.25) is 4.90 Å². The van der Waals surface area contributed by atoms with E-state index in [1.54, 1.807) is 0 Å². The maximum Gasteiger partial charge on any atom is 0.401 e. The smallest absolute Gasteiger partial charge is 0.401 e. The zero-order valence-corrected chi connectivity index (χ0v) is 14.6. The summed E-state index contributed by atoms with van der Waals surface area (Å²) in [5, 5.41) is 6.15. The van der Waals surface area contributed by atoms with Crippen molar-refractivity contribution in [2.45, 2.75) is 25.6 Å². The molecule has 25 heavy (non-hydrogen) atoms.